The molecule has 1 N–H and O–H groups in total. The molecule has 0 atom stereocenters. The molecule has 136 valence electrons. The van der Waals surface area contributed by atoms with Crippen molar-refractivity contribution in [3.63, 3.8) is 0 Å². The minimum Gasteiger partial charge on any atom is -0.443 e. The van der Waals surface area contributed by atoms with Crippen LogP contribution in [0.2, 0.25) is 0 Å². The van der Waals surface area contributed by atoms with E-state index in [9.17, 15) is 13.2 Å². The molecule has 1 aromatic carbocycles. The summed E-state index contributed by atoms with van der Waals surface area (Å²) in [5.41, 5.74) is 1.63. The molecule has 1 fully saturated rings. The van der Waals surface area contributed by atoms with E-state index in [0.717, 1.165) is 0 Å². The average Bonchev–Trinajstić information content (AvgIpc) is 3.27. The molecule has 8 nitrogen and oxygen atoms in total. The van der Waals surface area contributed by atoms with Crippen LogP contribution >= 0.6 is 0 Å². The van der Waals surface area contributed by atoms with Gasteiger partial charge in [0.05, 0.1) is 10.5 Å². The van der Waals surface area contributed by atoms with E-state index in [1.165, 1.54) is 22.8 Å². The summed E-state index contributed by atoms with van der Waals surface area (Å²) >= 11 is 0. The third-order valence-corrected chi connectivity index (χ3v) is 6.42. The molecule has 26 heavy (non-hydrogen) atoms. The molecule has 1 aliphatic rings. The highest BCUT2D eigenvalue weighted by Crippen LogP contribution is 2.22. The molecule has 0 saturated carbocycles. The summed E-state index contributed by atoms with van der Waals surface area (Å²) in [7, 11) is -3.66. The van der Waals surface area contributed by atoms with Gasteiger partial charge in [0.1, 0.15) is 5.52 Å². The Morgan fingerprint density at radius 1 is 1.15 bits per heavy atom. The fraction of sp³-hybridized carbons (Fsp3) is 0.294. The number of benzene rings is 1. The van der Waals surface area contributed by atoms with Crippen molar-refractivity contribution in [2.45, 2.75) is 11.3 Å². The van der Waals surface area contributed by atoms with Crippen molar-refractivity contribution >= 4 is 27.0 Å². The molecule has 0 radical (unpaired) electrons. The van der Waals surface area contributed by atoms with Gasteiger partial charge in [-0.25, -0.2) is 13.4 Å². The Bertz CT molecular complexity index is 1030. The number of nitrogens with one attached hydrogen (secondary N) is 1. The number of H-pyrrole nitrogens is 1. The number of aromatic amines is 1. The van der Waals surface area contributed by atoms with Crippen molar-refractivity contribution in [2.75, 3.05) is 26.2 Å². The van der Waals surface area contributed by atoms with Gasteiger partial charge in [-0.1, -0.05) is 0 Å². The lowest BCUT2D eigenvalue weighted by atomic mass is 10.3. The largest absolute Gasteiger partial charge is 0.443 e. The first-order valence-electron chi connectivity index (χ1n) is 8.31. The van der Waals surface area contributed by atoms with Crippen molar-refractivity contribution in [1.82, 2.24) is 19.2 Å². The predicted molar refractivity (Wildman–Crippen MR) is 94.1 cm³/mol. The second kappa shape index (κ2) is 6.58. The molecule has 1 saturated heterocycles. The second-order valence-electron chi connectivity index (χ2n) is 6.13. The van der Waals surface area contributed by atoms with Crippen LogP contribution in [0.15, 0.2) is 52.4 Å². The van der Waals surface area contributed by atoms with E-state index >= 15 is 0 Å². The number of oxazole rings is 1. The Kier molecular flexibility index (Phi) is 4.25. The van der Waals surface area contributed by atoms with Gasteiger partial charge in [-0.2, -0.15) is 4.31 Å². The summed E-state index contributed by atoms with van der Waals surface area (Å²) in [4.78, 5) is 21.2. The molecule has 0 bridgehead atoms. The minimum absolute atomic E-state index is 0.0893. The second-order valence-corrected chi connectivity index (χ2v) is 8.07. The van der Waals surface area contributed by atoms with Gasteiger partial charge < -0.3 is 14.3 Å². The first-order valence-corrected chi connectivity index (χ1v) is 9.75. The highest BCUT2D eigenvalue weighted by Gasteiger charge is 2.29. The quantitative estimate of drug-likeness (QED) is 0.752. The van der Waals surface area contributed by atoms with E-state index in [2.05, 4.69) is 9.97 Å². The molecule has 3 aromatic rings. The van der Waals surface area contributed by atoms with E-state index in [1.54, 1.807) is 29.4 Å². The Morgan fingerprint density at radius 3 is 2.85 bits per heavy atom. The molecule has 1 aliphatic heterocycles. The number of nitrogens with zero attached hydrogens (tertiary/aromatic N) is 3. The van der Waals surface area contributed by atoms with Crippen LogP contribution in [-0.2, 0) is 10.0 Å². The maximum absolute atomic E-state index is 13.0. The topological polar surface area (TPSA) is 99.5 Å². The highest BCUT2D eigenvalue weighted by molar-refractivity contribution is 7.89. The van der Waals surface area contributed by atoms with Crippen molar-refractivity contribution in [3.8, 4) is 0 Å². The molecule has 9 heteroatoms. The van der Waals surface area contributed by atoms with Crippen LogP contribution < -0.4 is 0 Å². The summed E-state index contributed by atoms with van der Waals surface area (Å²) in [6.45, 7) is 1.51. The smallest absolute Gasteiger partial charge is 0.255 e. The number of hydrogen-bond acceptors (Lipinski definition) is 5. The van der Waals surface area contributed by atoms with Crippen molar-refractivity contribution in [2.24, 2.45) is 0 Å². The highest BCUT2D eigenvalue weighted by atomic mass is 32.2. The number of fused-ring (bicyclic) bond motifs is 1. The van der Waals surface area contributed by atoms with Gasteiger partial charge in [0.15, 0.2) is 12.0 Å². The zero-order valence-corrected chi connectivity index (χ0v) is 14.8. The normalized spacial score (nSPS) is 16.7. The number of rotatable bonds is 3. The SMILES string of the molecule is O=C(c1cc[nH]c1)N1CCCN(S(=O)(=O)c2ccc3ncoc3c2)CC1. The van der Waals surface area contributed by atoms with Crippen LogP contribution in [0.4, 0.5) is 0 Å². The summed E-state index contributed by atoms with van der Waals surface area (Å²) in [6.07, 6.45) is 5.22. The minimum atomic E-state index is -3.66. The lowest BCUT2D eigenvalue weighted by molar-refractivity contribution is 0.0764. The van der Waals surface area contributed by atoms with Gasteiger partial charge in [-0.05, 0) is 24.6 Å². The Hall–Kier alpha value is -2.65. The molecule has 2 aromatic heterocycles. The Labute approximate surface area is 150 Å². The number of aromatic nitrogens is 2. The lowest BCUT2D eigenvalue weighted by Gasteiger charge is -2.21. The van der Waals surface area contributed by atoms with E-state index in [4.69, 9.17) is 4.42 Å². The zero-order valence-electron chi connectivity index (χ0n) is 14.0. The zero-order chi connectivity index (χ0) is 18.1. The summed E-state index contributed by atoms with van der Waals surface area (Å²) in [5.74, 6) is -0.0893. The fourth-order valence-corrected chi connectivity index (χ4v) is 4.61. The van der Waals surface area contributed by atoms with Crippen LogP contribution in [0.25, 0.3) is 11.1 Å². The van der Waals surface area contributed by atoms with Gasteiger partial charge in [0.2, 0.25) is 10.0 Å². The van der Waals surface area contributed by atoms with Crippen molar-refractivity contribution in [1.29, 1.82) is 0 Å². The van der Waals surface area contributed by atoms with Crippen molar-refractivity contribution in [3.05, 3.63) is 48.6 Å². The Morgan fingerprint density at radius 2 is 2.04 bits per heavy atom. The van der Waals surface area contributed by atoms with Crippen LogP contribution in [0.5, 0.6) is 0 Å². The van der Waals surface area contributed by atoms with E-state index in [0.29, 0.717) is 42.7 Å². The van der Waals surface area contributed by atoms with Crippen LogP contribution in [-0.4, -0.2) is 59.7 Å². The fourth-order valence-electron chi connectivity index (χ4n) is 3.12. The van der Waals surface area contributed by atoms with Crippen molar-refractivity contribution < 1.29 is 17.6 Å². The van der Waals surface area contributed by atoms with E-state index < -0.39 is 10.0 Å². The summed E-state index contributed by atoms with van der Waals surface area (Å²) in [6, 6.07) is 6.37. The van der Waals surface area contributed by atoms with Gasteiger partial charge in [-0.15, -0.1) is 0 Å². The van der Waals surface area contributed by atoms with E-state index in [-0.39, 0.29) is 17.3 Å². The third-order valence-electron chi connectivity index (χ3n) is 4.53. The number of hydrogen-bond donors (Lipinski definition) is 1. The molecule has 3 heterocycles. The third kappa shape index (κ3) is 2.99. The lowest BCUT2D eigenvalue weighted by Crippen LogP contribution is -2.37. The van der Waals surface area contributed by atoms with Gasteiger partial charge in [0.25, 0.3) is 5.91 Å². The maximum atomic E-state index is 13.0. The number of carbonyl (C=O) groups excluding carboxylic acids is 1. The maximum Gasteiger partial charge on any atom is 0.255 e. The van der Waals surface area contributed by atoms with Crippen LogP contribution in [0, 0.1) is 0 Å². The van der Waals surface area contributed by atoms with E-state index in [1.807, 2.05) is 0 Å². The number of carbonyl (C=O) groups is 1. The molecule has 0 spiro atoms. The standard InChI is InChI=1S/C17H18N4O4S/c22-17(13-4-5-18-11-13)20-6-1-7-21(9-8-20)26(23,24)14-2-3-15-16(10-14)25-12-19-15/h2-5,10-12,18H,1,6-9H2. The van der Waals surface area contributed by atoms with Crippen LogP contribution in [0.3, 0.4) is 0 Å². The molecule has 0 aliphatic carbocycles. The van der Waals surface area contributed by atoms with Crippen LogP contribution in [0.1, 0.15) is 16.8 Å². The molecular weight excluding hydrogens is 356 g/mol. The molecule has 0 unspecified atom stereocenters. The summed E-state index contributed by atoms with van der Waals surface area (Å²) in [5, 5.41) is 0. The van der Waals surface area contributed by atoms with Gasteiger partial charge in [0, 0.05) is 44.6 Å². The first kappa shape index (κ1) is 16.8. The monoisotopic (exact) mass is 374 g/mol. The van der Waals surface area contributed by atoms with Gasteiger partial charge >= 0.3 is 0 Å². The average molecular weight is 374 g/mol. The molecular formula is C17H18N4O4S. The first-order chi connectivity index (χ1) is 12.6. The summed E-state index contributed by atoms with van der Waals surface area (Å²) < 4.78 is 32.6. The molecule has 1 amide bonds. The number of sulfonamides is 1. The van der Waals surface area contributed by atoms with Gasteiger partial charge in [-0.3, -0.25) is 4.79 Å². The molecule has 4 rings (SSSR count). The Balaban J connectivity index is 1.53. The number of amides is 1. The predicted octanol–water partition coefficient (Wildman–Crippen LogP) is 1.69.